The topological polar surface area (TPSA) is 89.3 Å². The van der Waals surface area contributed by atoms with Crippen LogP contribution in [-0.4, -0.2) is 25.6 Å². The van der Waals surface area contributed by atoms with Crippen molar-refractivity contribution in [3.8, 4) is 0 Å². The van der Waals surface area contributed by atoms with Crippen LogP contribution in [0.1, 0.15) is 33.6 Å². The highest BCUT2D eigenvalue weighted by atomic mass is 32.2. The Labute approximate surface area is 85.1 Å². The van der Waals surface area contributed by atoms with Gasteiger partial charge in [-0.05, 0) is 20.3 Å². The average molecular weight is 222 g/mol. The molecule has 0 aliphatic carbocycles. The first-order chi connectivity index (χ1) is 6.16. The molecule has 14 heavy (non-hydrogen) atoms. The lowest BCUT2D eigenvalue weighted by Crippen LogP contribution is -2.41. The van der Waals surface area contributed by atoms with Crippen LogP contribution in [0.2, 0.25) is 0 Å². The van der Waals surface area contributed by atoms with E-state index < -0.39 is 21.5 Å². The summed E-state index contributed by atoms with van der Waals surface area (Å²) in [4.78, 5) is 11.2. The third-order valence-electron chi connectivity index (χ3n) is 1.36. The van der Waals surface area contributed by atoms with Crippen LogP contribution in [0, 0.1) is 0 Å². The molecule has 0 atom stereocenters. The van der Waals surface area contributed by atoms with Crippen molar-refractivity contribution in [2.45, 2.75) is 39.2 Å². The molecule has 0 radical (unpaired) electrons. The Kier molecular flexibility index (Phi) is 4.54. The molecule has 6 heteroatoms. The van der Waals surface area contributed by atoms with Gasteiger partial charge in [0.25, 0.3) is 0 Å². The quantitative estimate of drug-likeness (QED) is 0.683. The second-order valence-corrected chi connectivity index (χ2v) is 5.85. The standard InChI is InChI=1S/C8H18N2O3S/c1-4-5-14(12,13)10-7(11)6-8(2,3)9/h4-6,9H2,1-3H3,(H,10,11). The normalized spacial score (nSPS) is 12.6. The molecule has 84 valence electrons. The first-order valence-corrected chi connectivity index (χ1v) is 6.14. The molecule has 5 nitrogen and oxygen atoms in total. The minimum atomic E-state index is -3.46. The Morgan fingerprint density at radius 3 is 2.29 bits per heavy atom. The SMILES string of the molecule is CCCS(=O)(=O)NC(=O)CC(C)(C)N. The maximum absolute atomic E-state index is 11.2. The van der Waals surface area contributed by atoms with Crippen LogP contribution in [0.5, 0.6) is 0 Å². The van der Waals surface area contributed by atoms with Gasteiger partial charge in [-0.15, -0.1) is 0 Å². The Bertz CT molecular complexity index is 290. The van der Waals surface area contributed by atoms with Crippen molar-refractivity contribution in [3.05, 3.63) is 0 Å². The number of sulfonamides is 1. The predicted molar refractivity (Wildman–Crippen MR) is 55.1 cm³/mol. The molecule has 0 aliphatic rings. The Balaban J connectivity index is 4.21. The number of carbonyl (C=O) groups excluding carboxylic acids is 1. The zero-order chi connectivity index (χ0) is 11.4. The molecule has 0 spiro atoms. The highest BCUT2D eigenvalue weighted by Gasteiger charge is 2.20. The van der Waals surface area contributed by atoms with E-state index in [0.29, 0.717) is 6.42 Å². The van der Waals surface area contributed by atoms with E-state index in [1.807, 2.05) is 4.72 Å². The van der Waals surface area contributed by atoms with Crippen LogP contribution >= 0.6 is 0 Å². The third-order valence-corrected chi connectivity index (χ3v) is 2.84. The highest BCUT2D eigenvalue weighted by Crippen LogP contribution is 2.03. The molecule has 0 aromatic heterocycles. The van der Waals surface area contributed by atoms with E-state index in [4.69, 9.17) is 5.73 Å². The Morgan fingerprint density at radius 2 is 1.93 bits per heavy atom. The summed E-state index contributed by atoms with van der Waals surface area (Å²) in [7, 11) is -3.46. The second kappa shape index (κ2) is 4.75. The average Bonchev–Trinajstić information content (AvgIpc) is 1.78. The second-order valence-electron chi connectivity index (χ2n) is 4.01. The molecule has 0 aliphatic heterocycles. The van der Waals surface area contributed by atoms with Gasteiger partial charge in [-0.1, -0.05) is 6.92 Å². The summed E-state index contributed by atoms with van der Waals surface area (Å²) in [5.41, 5.74) is 4.88. The lowest BCUT2D eigenvalue weighted by molar-refractivity contribution is -0.120. The van der Waals surface area contributed by atoms with E-state index in [1.54, 1.807) is 20.8 Å². The fraction of sp³-hybridized carbons (Fsp3) is 0.875. The largest absolute Gasteiger partial charge is 0.325 e. The van der Waals surface area contributed by atoms with Crippen LogP contribution in [0.15, 0.2) is 0 Å². The minimum absolute atomic E-state index is 0.00402. The number of rotatable bonds is 5. The molecular weight excluding hydrogens is 204 g/mol. The molecule has 0 saturated carbocycles. The fourth-order valence-electron chi connectivity index (χ4n) is 0.943. The zero-order valence-electron chi connectivity index (χ0n) is 8.83. The molecule has 0 heterocycles. The van der Waals surface area contributed by atoms with Gasteiger partial charge in [0.05, 0.1) is 5.75 Å². The van der Waals surface area contributed by atoms with Gasteiger partial charge in [0, 0.05) is 12.0 Å². The smallest absolute Gasteiger partial charge is 0.235 e. The molecule has 0 saturated heterocycles. The van der Waals surface area contributed by atoms with Crippen LogP contribution in [0.3, 0.4) is 0 Å². The summed E-state index contributed by atoms with van der Waals surface area (Å²) in [6, 6.07) is 0. The molecule has 0 unspecified atom stereocenters. The van der Waals surface area contributed by atoms with E-state index in [2.05, 4.69) is 0 Å². The number of carbonyl (C=O) groups is 1. The van der Waals surface area contributed by atoms with Crippen molar-refractivity contribution in [1.29, 1.82) is 0 Å². The predicted octanol–water partition coefficient (Wildman–Crippen LogP) is -0.0302. The number of hydrogen-bond acceptors (Lipinski definition) is 4. The highest BCUT2D eigenvalue weighted by molar-refractivity contribution is 7.90. The van der Waals surface area contributed by atoms with Gasteiger partial charge in [-0.3, -0.25) is 9.52 Å². The van der Waals surface area contributed by atoms with Crippen LogP contribution in [0.4, 0.5) is 0 Å². The maximum atomic E-state index is 11.2. The van der Waals surface area contributed by atoms with Crippen molar-refractivity contribution in [2.75, 3.05) is 5.75 Å². The fourth-order valence-corrected chi connectivity index (χ4v) is 2.00. The summed E-state index contributed by atoms with van der Waals surface area (Å²) in [5, 5.41) is 0. The molecule has 0 bridgehead atoms. The van der Waals surface area contributed by atoms with Gasteiger partial charge in [-0.25, -0.2) is 8.42 Å². The van der Waals surface area contributed by atoms with Crippen molar-refractivity contribution in [3.63, 3.8) is 0 Å². The van der Waals surface area contributed by atoms with Crippen LogP contribution in [-0.2, 0) is 14.8 Å². The molecule has 0 fully saturated rings. The van der Waals surface area contributed by atoms with E-state index in [9.17, 15) is 13.2 Å². The molecular formula is C8H18N2O3S. The van der Waals surface area contributed by atoms with Gasteiger partial charge in [-0.2, -0.15) is 0 Å². The Morgan fingerprint density at radius 1 is 1.43 bits per heavy atom. The lowest BCUT2D eigenvalue weighted by atomic mass is 10.0. The molecule has 0 aromatic rings. The van der Waals surface area contributed by atoms with E-state index in [0.717, 1.165) is 0 Å². The molecule has 0 rings (SSSR count). The maximum Gasteiger partial charge on any atom is 0.235 e. The van der Waals surface area contributed by atoms with Gasteiger partial charge in [0.1, 0.15) is 0 Å². The van der Waals surface area contributed by atoms with Crippen molar-refractivity contribution < 1.29 is 13.2 Å². The summed E-state index contributed by atoms with van der Waals surface area (Å²) in [6.45, 7) is 5.06. The van der Waals surface area contributed by atoms with Gasteiger partial charge in [0.15, 0.2) is 0 Å². The number of amides is 1. The summed E-state index contributed by atoms with van der Waals surface area (Å²) >= 11 is 0. The molecule has 3 N–H and O–H groups in total. The zero-order valence-corrected chi connectivity index (χ0v) is 9.65. The summed E-state index contributed by atoms with van der Waals surface area (Å²) < 4.78 is 24.3. The number of hydrogen-bond donors (Lipinski definition) is 2. The van der Waals surface area contributed by atoms with E-state index in [1.165, 1.54) is 0 Å². The Hall–Kier alpha value is -0.620. The first kappa shape index (κ1) is 13.4. The van der Waals surface area contributed by atoms with Crippen LogP contribution < -0.4 is 10.5 Å². The molecule has 0 aromatic carbocycles. The van der Waals surface area contributed by atoms with Gasteiger partial charge >= 0.3 is 0 Å². The van der Waals surface area contributed by atoms with Crippen LogP contribution in [0.25, 0.3) is 0 Å². The summed E-state index contributed by atoms with van der Waals surface area (Å²) in [5.74, 6) is -0.588. The van der Waals surface area contributed by atoms with Crippen molar-refractivity contribution in [2.24, 2.45) is 5.73 Å². The number of nitrogens with one attached hydrogen (secondary N) is 1. The minimum Gasteiger partial charge on any atom is -0.325 e. The third kappa shape index (κ3) is 6.85. The van der Waals surface area contributed by atoms with Gasteiger partial charge in [0.2, 0.25) is 15.9 Å². The van der Waals surface area contributed by atoms with E-state index in [-0.39, 0.29) is 12.2 Å². The van der Waals surface area contributed by atoms with Gasteiger partial charge < -0.3 is 5.73 Å². The summed E-state index contributed by atoms with van der Waals surface area (Å²) in [6.07, 6.45) is 0.477. The van der Waals surface area contributed by atoms with Crippen molar-refractivity contribution >= 4 is 15.9 Å². The first-order valence-electron chi connectivity index (χ1n) is 4.48. The monoisotopic (exact) mass is 222 g/mol. The number of nitrogens with two attached hydrogens (primary N) is 1. The lowest BCUT2D eigenvalue weighted by Gasteiger charge is -2.17. The van der Waals surface area contributed by atoms with E-state index >= 15 is 0 Å². The molecule has 1 amide bonds. The van der Waals surface area contributed by atoms with Crippen molar-refractivity contribution in [1.82, 2.24) is 4.72 Å².